The first kappa shape index (κ1) is 11.7. The van der Waals surface area contributed by atoms with E-state index in [1.165, 1.54) is 0 Å². The molecular formula is C8H16ClNO2. The van der Waals surface area contributed by atoms with Gasteiger partial charge >= 0.3 is 5.97 Å². The number of rotatable bonds is 3. The molecule has 0 heterocycles. The van der Waals surface area contributed by atoms with Gasteiger partial charge in [0, 0.05) is 0 Å². The van der Waals surface area contributed by atoms with Crippen molar-refractivity contribution in [1.82, 2.24) is 0 Å². The van der Waals surface area contributed by atoms with Crippen molar-refractivity contribution in [1.29, 1.82) is 0 Å². The van der Waals surface area contributed by atoms with Crippen molar-refractivity contribution in [3.05, 3.63) is 0 Å². The van der Waals surface area contributed by atoms with E-state index in [0.717, 1.165) is 12.8 Å². The van der Waals surface area contributed by atoms with Crippen molar-refractivity contribution in [2.45, 2.75) is 32.2 Å². The lowest BCUT2D eigenvalue weighted by Crippen LogP contribution is -2.37. The smallest absolute Gasteiger partial charge is 0.326 e. The Morgan fingerprint density at radius 2 is 2.25 bits per heavy atom. The highest BCUT2D eigenvalue weighted by Gasteiger charge is 2.57. The number of ether oxygens (including phenoxy) is 1. The number of carbonyl (C=O) groups excluding carboxylic acids is 1. The maximum atomic E-state index is 11.1. The third-order valence-corrected chi connectivity index (χ3v) is 2.30. The van der Waals surface area contributed by atoms with Gasteiger partial charge in [0.1, 0.15) is 5.54 Å². The molecule has 0 amide bonds. The molecule has 0 aromatic carbocycles. The van der Waals surface area contributed by atoms with E-state index in [1.54, 1.807) is 6.92 Å². The van der Waals surface area contributed by atoms with Gasteiger partial charge in [-0.1, -0.05) is 13.3 Å². The molecule has 0 aromatic rings. The van der Waals surface area contributed by atoms with Crippen LogP contribution in [0.1, 0.15) is 26.7 Å². The van der Waals surface area contributed by atoms with Crippen molar-refractivity contribution in [3.63, 3.8) is 0 Å². The van der Waals surface area contributed by atoms with E-state index in [1.807, 2.05) is 6.92 Å². The van der Waals surface area contributed by atoms with E-state index in [0.29, 0.717) is 12.5 Å². The van der Waals surface area contributed by atoms with Crippen molar-refractivity contribution in [2.24, 2.45) is 11.7 Å². The Hall–Kier alpha value is -0.280. The van der Waals surface area contributed by atoms with Gasteiger partial charge in [-0.2, -0.15) is 0 Å². The summed E-state index contributed by atoms with van der Waals surface area (Å²) in [6.45, 7) is 4.26. The van der Waals surface area contributed by atoms with Crippen LogP contribution in [0.3, 0.4) is 0 Å². The summed E-state index contributed by atoms with van der Waals surface area (Å²) in [5.74, 6) is 0.119. The molecule has 0 radical (unpaired) electrons. The van der Waals surface area contributed by atoms with E-state index in [-0.39, 0.29) is 18.4 Å². The molecule has 0 spiro atoms. The van der Waals surface area contributed by atoms with Crippen LogP contribution in [0, 0.1) is 5.92 Å². The lowest BCUT2D eigenvalue weighted by atomic mass is 10.2. The first-order chi connectivity index (χ1) is 5.15. The molecule has 1 aliphatic carbocycles. The second-order valence-corrected chi connectivity index (χ2v) is 3.07. The molecular weight excluding hydrogens is 178 g/mol. The van der Waals surface area contributed by atoms with E-state index < -0.39 is 5.54 Å². The number of esters is 1. The van der Waals surface area contributed by atoms with Crippen molar-refractivity contribution in [3.8, 4) is 0 Å². The molecule has 12 heavy (non-hydrogen) atoms. The van der Waals surface area contributed by atoms with Crippen LogP contribution in [-0.2, 0) is 9.53 Å². The molecule has 0 saturated heterocycles. The van der Waals surface area contributed by atoms with Crippen LogP contribution in [0.25, 0.3) is 0 Å². The van der Waals surface area contributed by atoms with Crippen molar-refractivity contribution in [2.75, 3.05) is 6.61 Å². The van der Waals surface area contributed by atoms with Crippen LogP contribution < -0.4 is 5.73 Å². The topological polar surface area (TPSA) is 52.3 Å². The quantitative estimate of drug-likeness (QED) is 0.683. The Labute approximate surface area is 79.1 Å². The van der Waals surface area contributed by atoms with Gasteiger partial charge in [0.25, 0.3) is 0 Å². The van der Waals surface area contributed by atoms with Crippen molar-refractivity contribution >= 4 is 18.4 Å². The van der Waals surface area contributed by atoms with Crippen LogP contribution in [0.5, 0.6) is 0 Å². The number of carbonyl (C=O) groups is 1. The number of nitrogens with two attached hydrogens (primary N) is 1. The van der Waals surface area contributed by atoms with Gasteiger partial charge in [-0.3, -0.25) is 4.79 Å². The summed E-state index contributed by atoms with van der Waals surface area (Å²) in [6.07, 6.45) is 1.76. The zero-order valence-corrected chi connectivity index (χ0v) is 8.32. The van der Waals surface area contributed by atoms with Gasteiger partial charge in [-0.05, 0) is 19.3 Å². The Balaban J connectivity index is 0.00000121. The molecule has 4 heteroatoms. The summed E-state index contributed by atoms with van der Waals surface area (Å²) >= 11 is 0. The summed E-state index contributed by atoms with van der Waals surface area (Å²) in [5.41, 5.74) is 5.12. The van der Waals surface area contributed by atoms with Crippen LogP contribution in [-0.4, -0.2) is 18.1 Å². The Morgan fingerprint density at radius 1 is 1.67 bits per heavy atom. The van der Waals surface area contributed by atoms with Crippen molar-refractivity contribution < 1.29 is 9.53 Å². The first-order valence-electron chi connectivity index (χ1n) is 4.11. The summed E-state index contributed by atoms with van der Waals surface area (Å²) in [5, 5.41) is 0. The fourth-order valence-corrected chi connectivity index (χ4v) is 1.37. The zero-order valence-electron chi connectivity index (χ0n) is 7.50. The molecule has 0 aromatic heterocycles. The molecule has 2 N–H and O–H groups in total. The van der Waals surface area contributed by atoms with Gasteiger partial charge in [-0.15, -0.1) is 12.4 Å². The number of halogens is 1. The molecule has 1 saturated carbocycles. The van der Waals surface area contributed by atoms with Gasteiger partial charge in [0.2, 0.25) is 0 Å². The first-order valence-corrected chi connectivity index (χ1v) is 4.11. The SMILES string of the molecule is CCOC(=O)[C@]1(N)C[C@@H]1CC.Cl. The Bertz CT molecular complexity index is 174. The predicted molar refractivity (Wildman–Crippen MR) is 49.2 cm³/mol. The maximum absolute atomic E-state index is 11.1. The number of hydrogen-bond donors (Lipinski definition) is 1. The molecule has 0 bridgehead atoms. The minimum Gasteiger partial charge on any atom is -0.465 e. The third kappa shape index (κ3) is 1.90. The highest BCUT2D eigenvalue weighted by atomic mass is 35.5. The normalized spacial score (nSPS) is 32.1. The Kier molecular flexibility index (Phi) is 4.00. The lowest BCUT2D eigenvalue weighted by molar-refractivity contribution is -0.146. The second kappa shape index (κ2) is 4.10. The molecule has 0 unspecified atom stereocenters. The van der Waals surface area contributed by atoms with Gasteiger partial charge < -0.3 is 10.5 Å². The average molecular weight is 194 g/mol. The fraction of sp³-hybridized carbons (Fsp3) is 0.875. The molecule has 1 rings (SSSR count). The monoisotopic (exact) mass is 193 g/mol. The van der Waals surface area contributed by atoms with Crippen LogP contribution >= 0.6 is 12.4 Å². The molecule has 2 atom stereocenters. The lowest BCUT2D eigenvalue weighted by Gasteiger charge is -2.08. The third-order valence-electron chi connectivity index (χ3n) is 2.30. The standard InChI is InChI=1S/C8H15NO2.ClH/c1-3-6-5-8(6,9)7(10)11-4-2;/h6H,3-5,9H2,1-2H3;1H/t6-,8-;/m0./s1. The van der Waals surface area contributed by atoms with Crippen LogP contribution in [0.15, 0.2) is 0 Å². The zero-order chi connectivity index (χ0) is 8.48. The van der Waals surface area contributed by atoms with E-state index in [2.05, 4.69) is 0 Å². The summed E-state index contributed by atoms with van der Waals surface area (Å²) in [6, 6.07) is 0. The Morgan fingerprint density at radius 3 is 2.58 bits per heavy atom. The van der Waals surface area contributed by atoms with E-state index >= 15 is 0 Å². The minimum absolute atomic E-state index is 0. The second-order valence-electron chi connectivity index (χ2n) is 3.07. The summed E-state index contributed by atoms with van der Waals surface area (Å²) in [4.78, 5) is 11.1. The van der Waals surface area contributed by atoms with Gasteiger partial charge in [0.15, 0.2) is 0 Å². The number of hydrogen-bond acceptors (Lipinski definition) is 3. The molecule has 1 fully saturated rings. The summed E-state index contributed by atoms with van der Waals surface area (Å²) in [7, 11) is 0. The predicted octanol–water partition coefficient (Wildman–Crippen LogP) is 1.10. The minimum atomic E-state index is -0.634. The van der Waals surface area contributed by atoms with E-state index in [4.69, 9.17) is 10.5 Å². The average Bonchev–Trinajstić information content (AvgIpc) is 2.64. The highest BCUT2D eigenvalue weighted by molar-refractivity contribution is 5.85. The molecule has 0 aliphatic heterocycles. The molecule has 1 aliphatic rings. The summed E-state index contributed by atoms with van der Waals surface area (Å²) < 4.78 is 4.84. The molecule has 3 nitrogen and oxygen atoms in total. The maximum Gasteiger partial charge on any atom is 0.326 e. The highest BCUT2D eigenvalue weighted by Crippen LogP contribution is 2.44. The fourth-order valence-electron chi connectivity index (χ4n) is 1.37. The van der Waals surface area contributed by atoms with Crippen LogP contribution in [0.4, 0.5) is 0 Å². The van der Waals surface area contributed by atoms with Crippen LogP contribution in [0.2, 0.25) is 0 Å². The van der Waals surface area contributed by atoms with E-state index in [9.17, 15) is 4.79 Å². The largest absolute Gasteiger partial charge is 0.465 e. The molecule has 72 valence electrons. The van der Waals surface area contributed by atoms with Gasteiger partial charge in [-0.25, -0.2) is 0 Å². The van der Waals surface area contributed by atoms with Gasteiger partial charge in [0.05, 0.1) is 6.61 Å².